The number of amides is 2. The minimum Gasteiger partial charge on any atom is -0.326 e. The Kier molecular flexibility index (Phi) is 4.66. The van der Waals surface area contributed by atoms with Gasteiger partial charge in [-0.05, 0) is 38.5 Å². The van der Waals surface area contributed by atoms with Gasteiger partial charge in [0.2, 0.25) is 11.8 Å². The molecule has 0 aromatic heterocycles. The van der Waals surface area contributed by atoms with E-state index in [1.807, 2.05) is 26.8 Å². The van der Waals surface area contributed by atoms with E-state index >= 15 is 0 Å². The highest BCUT2D eigenvalue weighted by Gasteiger charge is 2.04. The fraction of sp³-hybridized carbons (Fsp3) is 0.286. The fourth-order valence-electron chi connectivity index (χ4n) is 1.46. The predicted molar refractivity (Wildman–Crippen MR) is 73.5 cm³/mol. The van der Waals surface area contributed by atoms with E-state index in [1.54, 1.807) is 12.1 Å². The molecular formula is C14H18N2O2. The number of nitrogens with one attached hydrogen (secondary N) is 2. The van der Waals surface area contributed by atoms with Crippen molar-refractivity contribution in [3.63, 3.8) is 0 Å². The molecule has 0 aliphatic carbocycles. The Balaban J connectivity index is 2.88. The summed E-state index contributed by atoms with van der Waals surface area (Å²) in [5.41, 5.74) is 3.25. The van der Waals surface area contributed by atoms with Crippen molar-refractivity contribution in [2.45, 2.75) is 27.7 Å². The Morgan fingerprint density at radius 2 is 1.78 bits per heavy atom. The summed E-state index contributed by atoms with van der Waals surface area (Å²) in [5.74, 6) is -0.307. The topological polar surface area (TPSA) is 58.2 Å². The van der Waals surface area contributed by atoms with Gasteiger partial charge in [0.1, 0.15) is 0 Å². The molecule has 2 N–H and O–H groups in total. The third kappa shape index (κ3) is 4.41. The molecule has 0 aliphatic heterocycles. The van der Waals surface area contributed by atoms with Gasteiger partial charge in [-0.1, -0.05) is 11.6 Å². The lowest BCUT2D eigenvalue weighted by molar-refractivity contribution is -0.114. The number of hydrogen-bond acceptors (Lipinski definition) is 2. The van der Waals surface area contributed by atoms with Crippen molar-refractivity contribution in [1.82, 2.24) is 0 Å². The van der Waals surface area contributed by atoms with Gasteiger partial charge in [-0.3, -0.25) is 9.59 Å². The van der Waals surface area contributed by atoms with Gasteiger partial charge in [-0.25, -0.2) is 0 Å². The molecule has 2 amide bonds. The van der Waals surface area contributed by atoms with E-state index in [2.05, 4.69) is 10.6 Å². The third-order valence-corrected chi connectivity index (χ3v) is 2.24. The number of allylic oxidation sites excluding steroid dienone is 1. The van der Waals surface area contributed by atoms with Crippen LogP contribution >= 0.6 is 0 Å². The van der Waals surface area contributed by atoms with E-state index < -0.39 is 0 Å². The van der Waals surface area contributed by atoms with Crippen molar-refractivity contribution in [3.05, 3.63) is 35.4 Å². The number of hydrogen-bond donors (Lipinski definition) is 2. The maximum absolute atomic E-state index is 11.6. The zero-order valence-corrected chi connectivity index (χ0v) is 11.1. The maximum atomic E-state index is 11.6. The van der Waals surface area contributed by atoms with Gasteiger partial charge in [0.25, 0.3) is 0 Å². The Labute approximate surface area is 107 Å². The van der Waals surface area contributed by atoms with Crippen molar-refractivity contribution in [1.29, 1.82) is 0 Å². The maximum Gasteiger partial charge on any atom is 0.248 e. The molecule has 0 radical (unpaired) electrons. The summed E-state index contributed by atoms with van der Waals surface area (Å²) >= 11 is 0. The number of anilines is 2. The van der Waals surface area contributed by atoms with Crippen LogP contribution in [-0.4, -0.2) is 11.8 Å². The van der Waals surface area contributed by atoms with E-state index in [0.29, 0.717) is 11.4 Å². The summed E-state index contributed by atoms with van der Waals surface area (Å²) in [7, 11) is 0. The van der Waals surface area contributed by atoms with Crippen molar-refractivity contribution in [3.8, 4) is 0 Å². The van der Waals surface area contributed by atoms with E-state index in [4.69, 9.17) is 0 Å². The minimum absolute atomic E-state index is 0.133. The first-order valence-electron chi connectivity index (χ1n) is 5.72. The number of rotatable bonds is 3. The minimum atomic E-state index is -0.173. The van der Waals surface area contributed by atoms with Gasteiger partial charge < -0.3 is 10.6 Å². The highest BCUT2D eigenvalue weighted by Crippen LogP contribution is 2.20. The second-order valence-corrected chi connectivity index (χ2v) is 4.42. The molecule has 1 aromatic rings. The van der Waals surface area contributed by atoms with Gasteiger partial charge in [-0.2, -0.15) is 0 Å². The average molecular weight is 246 g/mol. The van der Waals surface area contributed by atoms with Gasteiger partial charge in [-0.15, -0.1) is 0 Å². The molecule has 0 saturated heterocycles. The molecule has 0 atom stereocenters. The first-order chi connectivity index (χ1) is 8.38. The second kappa shape index (κ2) is 6.00. The smallest absolute Gasteiger partial charge is 0.248 e. The molecule has 1 aromatic carbocycles. The monoisotopic (exact) mass is 246 g/mol. The van der Waals surface area contributed by atoms with Gasteiger partial charge >= 0.3 is 0 Å². The molecule has 0 bridgehead atoms. The van der Waals surface area contributed by atoms with Crippen LogP contribution in [0.5, 0.6) is 0 Å². The van der Waals surface area contributed by atoms with Crippen LogP contribution in [0.2, 0.25) is 0 Å². The van der Waals surface area contributed by atoms with E-state index in [-0.39, 0.29) is 11.8 Å². The van der Waals surface area contributed by atoms with Crippen LogP contribution in [0.3, 0.4) is 0 Å². The average Bonchev–Trinajstić information content (AvgIpc) is 2.21. The first kappa shape index (κ1) is 14.0. The second-order valence-electron chi connectivity index (χ2n) is 4.42. The van der Waals surface area contributed by atoms with Gasteiger partial charge in [0.05, 0.1) is 0 Å². The van der Waals surface area contributed by atoms with Crippen molar-refractivity contribution < 1.29 is 9.59 Å². The Bertz CT molecular complexity index is 501. The van der Waals surface area contributed by atoms with E-state index in [0.717, 1.165) is 11.1 Å². The Morgan fingerprint density at radius 1 is 1.11 bits per heavy atom. The summed E-state index contributed by atoms with van der Waals surface area (Å²) in [6.07, 6.45) is 1.53. The van der Waals surface area contributed by atoms with Gasteiger partial charge in [0.15, 0.2) is 0 Å². The molecule has 1 rings (SSSR count). The van der Waals surface area contributed by atoms with E-state index in [1.165, 1.54) is 13.0 Å². The van der Waals surface area contributed by atoms with Crippen LogP contribution < -0.4 is 10.6 Å². The summed E-state index contributed by atoms with van der Waals surface area (Å²) < 4.78 is 0. The van der Waals surface area contributed by atoms with Crippen LogP contribution in [-0.2, 0) is 9.59 Å². The van der Waals surface area contributed by atoms with Crippen LogP contribution in [0.25, 0.3) is 0 Å². The third-order valence-electron chi connectivity index (χ3n) is 2.24. The molecule has 0 fully saturated rings. The number of carbonyl (C=O) groups excluding carboxylic acids is 2. The molecule has 18 heavy (non-hydrogen) atoms. The lowest BCUT2D eigenvalue weighted by Crippen LogP contribution is -2.11. The highest BCUT2D eigenvalue weighted by molar-refractivity contribution is 6.00. The summed E-state index contributed by atoms with van der Waals surface area (Å²) in [4.78, 5) is 22.6. The lowest BCUT2D eigenvalue weighted by Gasteiger charge is -2.09. The summed E-state index contributed by atoms with van der Waals surface area (Å²) in [5, 5.41) is 5.47. The van der Waals surface area contributed by atoms with E-state index in [9.17, 15) is 9.59 Å². The van der Waals surface area contributed by atoms with Crippen LogP contribution in [0.4, 0.5) is 11.4 Å². The molecule has 0 unspecified atom stereocenters. The quantitative estimate of drug-likeness (QED) is 0.806. The summed E-state index contributed by atoms with van der Waals surface area (Å²) in [6.45, 7) is 7.07. The molecular weight excluding hydrogens is 228 g/mol. The number of carbonyl (C=O) groups is 2. The van der Waals surface area contributed by atoms with Crippen LogP contribution in [0, 0.1) is 6.92 Å². The fourth-order valence-corrected chi connectivity index (χ4v) is 1.46. The van der Waals surface area contributed by atoms with Crippen molar-refractivity contribution >= 4 is 23.2 Å². The molecule has 4 heteroatoms. The number of benzene rings is 1. The predicted octanol–water partition coefficient (Wildman–Crippen LogP) is 2.86. The standard InChI is InChI=1S/C14H18N2O2/c1-9(2)7-14(18)16-12-6-5-10(3)13(8-12)15-11(4)17/h5-8H,1-4H3,(H,15,17)(H,16,18). The molecule has 0 saturated carbocycles. The first-order valence-corrected chi connectivity index (χ1v) is 5.72. The molecule has 0 aliphatic rings. The normalized spacial score (nSPS) is 9.56. The molecule has 0 heterocycles. The molecule has 4 nitrogen and oxygen atoms in total. The van der Waals surface area contributed by atoms with Crippen molar-refractivity contribution in [2.24, 2.45) is 0 Å². The lowest BCUT2D eigenvalue weighted by atomic mass is 10.1. The zero-order chi connectivity index (χ0) is 13.7. The Morgan fingerprint density at radius 3 is 2.33 bits per heavy atom. The van der Waals surface area contributed by atoms with Crippen molar-refractivity contribution in [2.75, 3.05) is 10.6 Å². The highest BCUT2D eigenvalue weighted by atomic mass is 16.2. The largest absolute Gasteiger partial charge is 0.326 e. The Hall–Kier alpha value is -2.10. The van der Waals surface area contributed by atoms with Crippen LogP contribution in [0.15, 0.2) is 29.8 Å². The number of aryl methyl sites for hydroxylation is 1. The zero-order valence-electron chi connectivity index (χ0n) is 11.1. The summed E-state index contributed by atoms with van der Waals surface area (Å²) in [6, 6.07) is 5.40. The SMILES string of the molecule is CC(=O)Nc1cc(NC(=O)C=C(C)C)ccc1C. The molecule has 96 valence electrons. The van der Waals surface area contributed by atoms with Crippen LogP contribution in [0.1, 0.15) is 26.3 Å². The van der Waals surface area contributed by atoms with Gasteiger partial charge in [0, 0.05) is 24.4 Å². The molecule has 0 spiro atoms.